The van der Waals surface area contributed by atoms with E-state index in [0.29, 0.717) is 18.7 Å². The molecule has 1 unspecified atom stereocenters. The van der Waals surface area contributed by atoms with Crippen LogP contribution in [0.5, 0.6) is 0 Å². The third kappa shape index (κ3) is 6.37. The Kier molecular flexibility index (Phi) is 7.93. The van der Waals surface area contributed by atoms with Gasteiger partial charge in [0.2, 0.25) is 0 Å². The predicted octanol–water partition coefficient (Wildman–Crippen LogP) is 2.07. The Morgan fingerprint density at radius 1 is 1.00 bits per heavy atom. The van der Waals surface area contributed by atoms with Crippen LogP contribution in [0.15, 0.2) is 54.6 Å². The standard InChI is InChI=1S/C23H29FN4O2/c1-27-13-14-28(16-19-5-3-2-4-6-19)21(17-27)15-25-22(29)23(30)26-20-9-7-18(8-10-20)11-12-24/h2-10,21H,11-17H2,1H3,(H,25,29)(H,26,30). The molecule has 0 spiro atoms. The largest absolute Gasteiger partial charge is 0.346 e. The number of nitrogens with one attached hydrogen (secondary N) is 2. The molecule has 2 N–H and O–H groups in total. The molecule has 1 saturated heterocycles. The van der Waals surface area contributed by atoms with Gasteiger partial charge in [-0.1, -0.05) is 42.5 Å². The minimum absolute atomic E-state index is 0.126. The molecule has 0 aromatic heterocycles. The SMILES string of the molecule is CN1CCN(Cc2ccccc2)C(CNC(=O)C(=O)Nc2ccc(CCF)cc2)C1. The van der Waals surface area contributed by atoms with E-state index in [2.05, 4.69) is 39.6 Å². The van der Waals surface area contributed by atoms with Gasteiger partial charge in [0.25, 0.3) is 0 Å². The number of hydrogen-bond donors (Lipinski definition) is 2. The van der Waals surface area contributed by atoms with Gasteiger partial charge < -0.3 is 15.5 Å². The Morgan fingerprint density at radius 2 is 1.73 bits per heavy atom. The molecule has 0 saturated carbocycles. The zero-order valence-corrected chi connectivity index (χ0v) is 17.3. The molecule has 2 aromatic carbocycles. The molecule has 0 bridgehead atoms. The van der Waals surface area contributed by atoms with Gasteiger partial charge in [0.05, 0.1) is 6.67 Å². The van der Waals surface area contributed by atoms with E-state index in [1.807, 2.05) is 18.2 Å². The quantitative estimate of drug-likeness (QED) is 0.684. The minimum atomic E-state index is -0.702. The number of halogens is 1. The van der Waals surface area contributed by atoms with Crippen LogP contribution in [0.1, 0.15) is 11.1 Å². The Bertz CT molecular complexity index is 829. The summed E-state index contributed by atoms with van der Waals surface area (Å²) in [5, 5.41) is 5.36. The van der Waals surface area contributed by atoms with Gasteiger partial charge in [-0.15, -0.1) is 0 Å². The van der Waals surface area contributed by atoms with Gasteiger partial charge in [0, 0.05) is 50.9 Å². The molecule has 6 nitrogen and oxygen atoms in total. The highest BCUT2D eigenvalue weighted by atomic mass is 19.1. The maximum Gasteiger partial charge on any atom is 0.313 e. The van der Waals surface area contributed by atoms with Crippen molar-refractivity contribution in [3.8, 4) is 0 Å². The van der Waals surface area contributed by atoms with Crippen LogP contribution in [0.25, 0.3) is 0 Å². The summed E-state index contributed by atoms with van der Waals surface area (Å²) in [6.45, 7) is 3.49. The second-order valence-corrected chi connectivity index (χ2v) is 7.67. The van der Waals surface area contributed by atoms with Crippen molar-refractivity contribution in [3.63, 3.8) is 0 Å². The van der Waals surface area contributed by atoms with E-state index in [4.69, 9.17) is 0 Å². The fourth-order valence-corrected chi connectivity index (χ4v) is 3.61. The van der Waals surface area contributed by atoms with Gasteiger partial charge >= 0.3 is 11.8 Å². The minimum Gasteiger partial charge on any atom is -0.346 e. The summed E-state index contributed by atoms with van der Waals surface area (Å²) in [6.07, 6.45) is 0.337. The first-order valence-corrected chi connectivity index (χ1v) is 10.3. The topological polar surface area (TPSA) is 64.7 Å². The molecular weight excluding hydrogens is 383 g/mol. The number of likely N-dealkylation sites (N-methyl/N-ethyl adjacent to an activating group) is 1. The summed E-state index contributed by atoms with van der Waals surface area (Å²) in [7, 11) is 2.06. The number of hydrogen-bond acceptors (Lipinski definition) is 4. The van der Waals surface area contributed by atoms with Crippen LogP contribution in [0, 0.1) is 0 Å². The van der Waals surface area contributed by atoms with Crippen molar-refractivity contribution in [2.75, 3.05) is 45.2 Å². The number of nitrogens with zero attached hydrogens (tertiary/aromatic N) is 2. The predicted molar refractivity (Wildman–Crippen MR) is 116 cm³/mol. The van der Waals surface area contributed by atoms with Crippen molar-refractivity contribution in [2.45, 2.75) is 19.0 Å². The average Bonchev–Trinajstić information content (AvgIpc) is 2.76. The lowest BCUT2D eigenvalue weighted by Crippen LogP contribution is -2.56. The lowest BCUT2D eigenvalue weighted by Gasteiger charge is -2.40. The smallest absolute Gasteiger partial charge is 0.313 e. The molecule has 1 heterocycles. The number of piperazine rings is 1. The summed E-state index contributed by atoms with van der Waals surface area (Å²) in [5.74, 6) is -1.36. The Hall–Kier alpha value is -2.77. The number of carbonyl (C=O) groups excluding carboxylic acids is 2. The number of benzene rings is 2. The van der Waals surface area contributed by atoms with Crippen molar-refractivity contribution >= 4 is 17.5 Å². The van der Waals surface area contributed by atoms with Crippen LogP contribution < -0.4 is 10.6 Å². The fraction of sp³-hybridized carbons (Fsp3) is 0.391. The van der Waals surface area contributed by atoms with Crippen LogP contribution in [-0.4, -0.2) is 67.6 Å². The molecule has 2 amide bonds. The number of rotatable bonds is 7. The highest BCUT2D eigenvalue weighted by molar-refractivity contribution is 6.39. The van der Waals surface area contributed by atoms with E-state index >= 15 is 0 Å². The van der Waals surface area contributed by atoms with Crippen LogP contribution in [0.3, 0.4) is 0 Å². The number of aryl methyl sites for hydroxylation is 1. The number of alkyl halides is 1. The van der Waals surface area contributed by atoms with Crippen molar-refractivity contribution < 1.29 is 14.0 Å². The van der Waals surface area contributed by atoms with Crippen molar-refractivity contribution in [1.82, 2.24) is 15.1 Å². The van der Waals surface area contributed by atoms with Crippen LogP contribution in [0.2, 0.25) is 0 Å². The Balaban J connectivity index is 1.52. The molecule has 160 valence electrons. The van der Waals surface area contributed by atoms with Crippen molar-refractivity contribution in [1.29, 1.82) is 0 Å². The van der Waals surface area contributed by atoms with Gasteiger partial charge in [0.15, 0.2) is 0 Å². The van der Waals surface area contributed by atoms with Gasteiger partial charge in [-0.3, -0.25) is 18.9 Å². The fourth-order valence-electron chi connectivity index (χ4n) is 3.61. The Morgan fingerprint density at radius 3 is 2.43 bits per heavy atom. The summed E-state index contributed by atoms with van der Waals surface area (Å²) < 4.78 is 12.4. The van der Waals surface area contributed by atoms with Crippen LogP contribution in [0.4, 0.5) is 10.1 Å². The molecule has 1 aliphatic rings. The lowest BCUT2D eigenvalue weighted by molar-refractivity contribution is -0.136. The number of carbonyl (C=O) groups is 2. The monoisotopic (exact) mass is 412 g/mol. The summed E-state index contributed by atoms with van der Waals surface area (Å²) in [4.78, 5) is 29.1. The first kappa shape index (κ1) is 21.9. The first-order chi connectivity index (χ1) is 14.5. The zero-order chi connectivity index (χ0) is 21.3. The molecule has 1 aliphatic heterocycles. The van der Waals surface area contributed by atoms with Crippen molar-refractivity contribution in [2.24, 2.45) is 0 Å². The molecular formula is C23H29FN4O2. The summed E-state index contributed by atoms with van der Waals surface area (Å²) >= 11 is 0. The van der Waals surface area contributed by atoms with Crippen molar-refractivity contribution in [3.05, 3.63) is 65.7 Å². The third-order valence-corrected chi connectivity index (χ3v) is 5.34. The van der Waals surface area contributed by atoms with Gasteiger partial charge in [0.1, 0.15) is 0 Å². The van der Waals surface area contributed by atoms with Gasteiger partial charge in [-0.05, 0) is 30.3 Å². The molecule has 7 heteroatoms. The summed E-state index contributed by atoms with van der Waals surface area (Å²) in [6, 6.07) is 17.2. The molecule has 2 aromatic rings. The van der Waals surface area contributed by atoms with E-state index in [-0.39, 0.29) is 6.04 Å². The number of anilines is 1. The maximum absolute atomic E-state index is 12.4. The van der Waals surface area contributed by atoms with E-state index < -0.39 is 18.5 Å². The lowest BCUT2D eigenvalue weighted by atomic mass is 10.1. The zero-order valence-electron chi connectivity index (χ0n) is 17.3. The number of amides is 2. The second-order valence-electron chi connectivity index (χ2n) is 7.67. The van der Waals surface area contributed by atoms with E-state index in [9.17, 15) is 14.0 Å². The van der Waals surface area contributed by atoms with Crippen LogP contribution >= 0.6 is 0 Å². The van der Waals surface area contributed by atoms with E-state index in [1.165, 1.54) is 5.56 Å². The first-order valence-electron chi connectivity index (χ1n) is 10.3. The van der Waals surface area contributed by atoms with Gasteiger partial charge in [-0.25, -0.2) is 0 Å². The molecule has 0 aliphatic carbocycles. The molecule has 3 rings (SSSR count). The Labute approximate surface area is 177 Å². The molecule has 30 heavy (non-hydrogen) atoms. The second kappa shape index (κ2) is 10.8. The van der Waals surface area contributed by atoms with Gasteiger partial charge in [-0.2, -0.15) is 0 Å². The normalized spacial score (nSPS) is 17.5. The van der Waals surface area contributed by atoms with Crippen LogP contribution in [-0.2, 0) is 22.6 Å². The molecule has 0 radical (unpaired) electrons. The highest BCUT2D eigenvalue weighted by Crippen LogP contribution is 2.13. The maximum atomic E-state index is 12.4. The third-order valence-electron chi connectivity index (χ3n) is 5.34. The molecule has 1 atom stereocenters. The molecule has 1 fully saturated rings. The highest BCUT2D eigenvalue weighted by Gasteiger charge is 2.26. The van der Waals surface area contributed by atoms with E-state index in [0.717, 1.165) is 31.7 Å². The summed E-state index contributed by atoms with van der Waals surface area (Å²) in [5.41, 5.74) is 2.59. The van der Waals surface area contributed by atoms with E-state index in [1.54, 1.807) is 24.3 Å². The average molecular weight is 413 g/mol.